The lowest BCUT2D eigenvalue weighted by Crippen LogP contribution is -2.39. The molecule has 2 heterocycles. The second kappa shape index (κ2) is 10.4. The van der Waals surface area contributed by atoms with Crippen molar-refractivity contribution in [1.29, 1.82) is 0 Å². The third-order valence-electron chi connectivity index (χ3n) is 5.58. The normalized spacial score (nSPS) is 15.6. The molecule has 1 atom stereocenters. The molecule has 0 bridgehead atoms. The lowest BCUT2D eigenvalue weighted by Gasteiger charge is -2.25. The summed E-state index contributed by atoms with van der Waals surface area (Å²) >= 11 is 5.41. The van der Waals surface area contributed by atoms with Crippen LogP contribution in [0.5, 0.6) is 5.75 Å². The first-order valence-electron chi connectivity index (χ1n) is 10.8. The lowest BCUT2D eigenvalue weighted by atomic mass is 9.95. The molecule has 4 rings (SSSR count). The van der Waals surface area contributed by atoms with E-state index >= 15 is 0 Å². The van der Waals surface area contributed by atoms with Gasteiger partial charge in [0.2, 0.25) is 0 Å². The molecule has 1 aliphatic rings. The Morgan fingerprint density at radius 3 is 2.43 bits per heavy atom. The fourth-order valence-electron chi connectivity index (χ4n) is 3.88. The highest BCUT2D eigenvalue weighted by Gasteiger charge is 2.33. The third kappa shape index (κ3) is 5.05. The number of hydrogen-bond donors (Lipinski definition) is 1. The number of hydrogen-bond acceptors (Lipinski definition) is 7. The predicted octanol–water partition coefficient (Wildman–Crippen LogP) is 3.78. The summed E-state index contributed by atoms with van der Waals surface area (Å²) in [5, 5.41) is 10.1. The van der Waals surface area contributed by atoms with E-state index in [1.54, 1.807) is 24.5 Å². The molecule has 0 radical (unpaired) electrons. The van der Waals surface area contributed by atoms with Crippen LogP contribution in [0.3, 0.4) is 0 Å². The molecule has 0 unspecified atom stereocenters. The van der Waals surface area contributed by atoms with E-state index in [1.165, 1.54) is 11.3 Å². The standard InChI is InChI=1S/C25H23I2N3O4S/c1-5-34-24(33)20-13(2)28-25-30(21(20)15-6-8-16(9-7-15)29(3)4)23(32)19(35-25)12-14-10-17(26)22(31)18(27)11-14/h6-12,21,31H,5H2,1-4H3/b19-12-/t21-/m1/s1. The molecule has 1 aliphatic heterocycles. The van der Waals surface area contributed by atoms with Crippen LogP contribution in [0.1, 0.15) is 31.0 Å². The monoisotopic (exact) mass is 715 g/mol. The van der Waals surface area contributed by atoms with Crippen molar-refractivity contribution < 1.29 is 14.6 Å². The molecular formula is C25H23I2N3O4S. The minimum atomic E-state index is -0.649. The number of allylic oxidation sites excluding steroid dienone is 1. The van der Waals surface area contributed by atoms with Gasteiger partial charge in [0.25, 0.3) is 5.56 Å². The number of halogens is 2. The average molecular weight is 715 g/mol. The number of ether oxygens (including phenoxy) is 1. The third-order valence-corrected chi connectivity index (χ3v) is 8.21. The molecule has 2 aromatic carbocycles. The zero-order valence-corrected chi connectivity index (χ0v) is 24.6. The number of aromatic hydroxyl groups is 1. The van der Waals surface area contributed by atoms with Crippen LogP contribution in [-0.2, 0) is 9.53 Å². The van der Waals surface area contributed by atoms with Crippen molar-refractivity contribution in [2.75, 3.05) is 25.6 Å². The number of rotatable bonds is 5. The van der Waals surface area contributed by atoms with Crippen LogP contribution in [0, 0.1) is 7.14 Å². The fraction of sp³-hybridized carbons (Fsp3) is 0.240. The summed E-state index contributed by atoms with van der Waals surface area (Å²) in [6.45, 7) is 3.75. The first kappa shape index (κ1) is 25.9. The summed E-state index contributed by atoms with van der Waals surface area (Å²) in [5.74, 6) is -0.256. The van der Waals surface area contributed by atoms with Gasteiger partial charge in [-0.3, -0.25) is 9.36 Å². The van der Waals surface area contributed by atoms with Gasteiger partial charge in [0.1, 0.15) is 5.75 Å². The number of benzene rings is 2. The molecule has 35 heavy (non-hydrogen) atoms. The number of carbonyl (C=O) groups is 1. The Bertz CT molecular complexity index is 1500. The summed E-state index contributed by atoms with van der Waals surface area (Å²) in [7, 11) is 3.91. The molecule has 1 N–H and O–H groups in total. The van der Waals surface area contributed by atoms with Crippen molar-refractivity contribution in [2.24, 2.45) is 4.99 Å². The molecule has 1 aromatic heterocycles. The van der Waals surface area contributed by atoms with E-state index in [4.69, 9.17) is 4.74 Å². The van der Waals surface area contributed by atoms with Gasteiger partial charge in [-0.2, -0.15) is 0 Å². The van der Waals surface area contributed by atoms with Crippen molar-refractivity contribution in [2.45, 2.75) is 19.9 Å². The smallest absolute Gasteiger partial charge is 0.338 e. The SMILES string of the molecule is CCOC(=O)C1=C(C)N=c2s/c(=C\c3cc(I)c(O)c(I)c3)c(=O)n2[C@@H]1c1ccc(N(C)C)cc1. The van der Waals surface area contributed by atoms with Crippen molar-refractivity contribution in [3.63, 3.8) is 0 Å². The quantitative estimate of drug-likeness (QED) is 0.322. The maximum absolute atomic E-state index is 13.7. The average Bonchev–Trinajstić information content (AvgIpc) is 3.11. The van der Waals surface area contributed by atoms with E-state index in [9.17, 15) is 14.7 Å². The molecule has 0 saturated heterocycles. The Labute approximate surface area is 233 Å². The van der Waals surface area contributed by atoms with Gasteiger partial charge in [-0.1, -0.05) is 23.5 Å². The number of nitrogens with zero attached hydrogens (tertiary/aromatic N) is 3. The molecule has 7 nitrogen and oxygen atoms in total. The summed E-state index contributed by atoms with van der Waals surface area (Å²) in [6.07, 6.45) is 1.79. The topological polar surface area (TPSA) is 84.1 Å². The highest BCUT2D eigenvalue weighted by Crippen LogP contribution is 2.32. The molecule has 0 spiro atoms. The van der Waals surface area contributed by atoms with Crippen LogP contribution >= 0.6 is 56.5 Å². The van der Waals surface area contributed by atoms with Crippen molar-refractivity contribution in [1.82, 2.24) is 4.57 Å². The van der Waals surface area contributed by atoms with Gasteiger partial charge in [-0.25, -0.2) is 9.79 Å². The van der Waals surface area contributed by atoms with E-state index < -0.39 is 12.0 Å². The molecule has 0 amide bonds. The number of phenolic OH excluding ortho intramolecular Hbond substituents is 1. The summed E-state index contributed by atoms with van der Waals surface area (Å²) in [4.78, 5) is 33.8. The Morgan fingerprint density at radius 1 is 1.23 bits per heavy atom. The Balaban J connectivity index is 1.94. The van der Waals surface area contributed by atoms with Gasteiger partial charge in [-0.05, 0) is 100 Å². The van der Waals surface area contributed by atoms with Gasteiger partial charge in [-0.15, -0.1) is 0 Å². The van der Waals surface area contributed by atoms with Gasteiger partial charge in [0, 0.05) is 19.8 Å². The summed E-state index contributed by atoms with van der Waals surface area (Å²) in [5.41, 5.74) is 3.27. The van der Waals surface area contributed by atoms with E-state index in [1.807, 2.05) is 55.4 Å². The van der Waals surface area contributed by atoms with E-state index in [-0.39, 0.29) is 17.9 Å². The number of esters is 1. The van der Waals surface area contributed by atoms with Gasteiger partial charge >= 0.3 is 5.97 Å². The second-order valence-electron chi connectivity index (χ2n) is 8.12. The predicted molar refractivity (Wildman–Crippen MR) is 155 cm³/mol. The Morgan fingerprint density at radius 2 is 1.86 bits per heavy atom. The molecule has 3 aromatic rings. The van der Waals surface area contributed by atoms with Crippen LogP contribution < -0.4 is 19.8 Å². The van der Waals surface area contributed by atoms with Crippen LogP contribution in [0.15, 0.2) is 57.5 Å². The van der Waals surface area contributed by atoms with Gasteiger partial charge in [0.15, 0.2) is 4.80 Å². The van der Waals surface area contributed by atoms with Gasteiger partial charge in [0.05, 0.1) is 35.6 Å². The van der Waals surface area contributed by atoms with Crippen LogP contribution in [0.4, 0.5) is 5.69 Å². The molecule has 0 saturated carbocycles. The van der Waals surface area contributed by atoms with Gasteiger partial charge < -0.3 is 14.7 Å². The first-order valence-corrected chi connectivity index (χ1v) is 13.7. The van der Waals surface area contributed by atoms with Crippen molar-refractivity contribution in [3.05, 3.63) is 85.6 Å². The van der Waals surface area contributed by atoms with Crippen LogP contribution in [0.25, 0.3) is 6.08 Å². The Kier molecular flexibility index (Phi) is 7.71. The molecule has 182 valence electrons. The summed E-state index contributed by atoms with van der Waals surface area (Å²) < 4.78 is 8.83. The first-order chi connectivity index (χ1) is 16.6. The fourth-order valence-corrected chi connectivity index (χ4v) is 6.74. The van der Waals surface area contributed by atoms with E-state index in [2.05, 4.69) is 50.2 Å². The number of fused-ring (bicyclic) bond motifs is 1. The van der Waals surface area contributed by atoms with Crippen molar-refractivity contribution in [3.8, 4) is 5.75 Å². The highest BCUT2D eigenvalue weighted by atomic mass is 127. The summed E-state index contributed by atoms with van der Waals surface area (Å²) in [6, 6.07) is 10.8. The van der Waals surface area contributed by atoms with Crippen LogP contribution in [0.2, 0.25) is 0 Å². The van der Waals surface area contributed by atoms with E-state index in [0.29, 0.717) is 27.7 Å². The highest BCUT2D eigenvalue weighted by molar-refractivity contribution is 14.1. The number of aromatic nitrogens is 1. The maximum atomic E-state index is 13.7. The van der Waals surface area contributed by atoms with Crippen molar-refractivity contribution >= 4 is 74.3 Å². The largest absolute Gasteiger partial charge is 0.506 e. The molecule has 10 heteroatoms. The zero-order valence-electron chi connectivity index (χ0n) is 19.5. The number of carbonyl (C=O) groups excluding carboxylic acids is 1. The maximum Gasteiger partial charge on any atom is 0.338 e. The molecule has 0 fully saturated rings. The lowest BCUT2D eigenvalue weighted by molar-refractivity contribution is -0.139. The zero-order chi connectivity index (χ0) is 25.4. The molecule has 0 aliphatic carbocycles. The minimum absolute atomic E-state index is 0.223. The molecular weight excluding hydrogens is 692 g/mol. The number of phenols is 1. The second-order valence-corrected chi connectivity index (χ2v) is 11.5. The Hall–Kier alpha value is -2.19. The van der Waals surface area contributed by atoms with E-state index in [0.717, 1.165) is 16.8 Å². The number of thiazole rings is 1. The minimum Gasteiger partial charge on any atom is -0.506 e. The number of anilines is 1. The van der Waals surface area contributed by atoms with Crippen LogP contribution in [-0.4, -0.2) is 36.3 Å².